The van der Waals surface area contributed by atoms with Crippen LogP contribution in [0.3, 0.4) is 0 Å². The van der Waals surface area contributed by atoms with Crippen LogP contribution in [0.1, 0.15) is 40.0 Å². The van der Waals surface area contributed by atoms with Crippen LogP contribution in [-0.4, -0.2) is 30.4 Å². The molecule has 1 fully saturated rings. The number of hydrogen-bond donors (Lipinski definition) is 3. The summed E-state index contributed by atoms with van der Waals surface area (Å²) < 4.78 is 0. The topological polar surface area (TPSA) is 84.2 Å². The molecule has 0 spiro atoms. The summed E-state index contributed by atoms with van der Waals surface area (Å²) in [4.78, 5) is 23.1. The normalized spacial score (nSPS) is 25.4. The van der Waals surface area contributed by atoms with Crippen molar-refractivity contribution in [2.24, 2.45) is 11.1 Å². The minimum absolute atomic E-state index is 0.00375. The molecule has 1 heterocycles. The number of carbonyl (C=O) groups is 2. The molecule has 0 aromatic rings. The minimum atomic E-state index is -0.580. The Morgan fingerprint density at radius 2 is 2.12 bits per heavy atom. The SMILES string of the molecule is CC(C)(CC(N)=O)NC(=O)C1(C)CCCNC1. The van der Waals surface area contributed by atoms with Crippen LogP contribution in [-0.2, 0) is 9.59 Å². The zero-order chi connectivity index (χ0) is 13.1. The predicted octanol–water partition coefficient (Wildman–Crippen LogP) is 0.146. The molecule has 0 bridgehead atoms. The lowest BCUT2D eigenvalue weighted by Gasteiger charge is -2.36. The van der Waals surface area contributed by atoms with Crippen LogP contribution in [0.4, 0.5) is 0 Å². The van der Waals surface area contributed by atoms with Crippen molar-refractivity contribution in [2.75, 3.05) is 13.1 Å². The van der Waals surface area contributed by atoms with Crippen molar-refractivity contribution in [3.63, 3.8) is 0 Å². The molecule has 5 nitrogen and oxygen atoms in total. The van der Waals surface area contributed by atoms with Crippen molar-refractivity contribution >= 4 is 11.8 Å². The zero-order valence-corrected chi connectivity index (χ0v) is 10.9. The van der Waals surface area contributed by atoms with E-state index in [1.54, 1.807) is 0 Å². The summed E-state index contributed by atoms with van der Waals surface area (Å²) in [5.41, 5.74) is 4.20. The molecule has 5 heteroatoms. The summed E-state index contributed by atoms with van der Waals surface area (Å²) in [6.45, 7) is 7.23. The van der Waals surface area contributed by atoms with E-state index in [1.165, 1.54) is 0 Å². The van der Waals surface area contributed by atoms with Gasteiger partial charge in [0.1, 0.15) is 0 Å². The fourth-order valence-electron chi connectivity index (χ4n) is 2.19. The van der Waals surface area contributed by atoms with E-state index in [-0.39, 0.29) is 17.7 Å². The van der Waals surface area contributed by atoms with Crippen LogP contribution in [0.25, 0.3) is 0 Å². The molecule has 0 aromatic carbocycles. The van der Waals surface area contributed by atoms with Crippen molar-refractivity contribution in [1.82, 2.24) is 10.6 Å². The second-order valence-corrected chi connectivity index (χ2v) is 5.82. The molecular formula is C12H23N3O2. The Labute approximate surface area is 103 Å². The van der Waals surface area contributed by atoms with Gasteiger partial charge in [-0.2, -0.15) is 0 Å². The lowest BCUT2D eigenvalue weighted by Crippen LogP contribution is -2.55. The number of primary amides is 1. The molecule has 4 N–H and O–H groups in total. The van der Waals surface area contributed by atoms with Gasteiger partial charge in [-0.05, 0) is 40.2 Å². The first-order valence-electron chi connectivity index (χ1n) is 6.07. The average molecular weight is 241 g/mol. The van der Waals surface area contributed by atoms with E-state index >= 15 is 0 Å². The Morgan fingerprint density at radius 1 is 1.47 bits per heavy atom. The molecule has 0 saturated carbocycles. The Morgan fingerprint density at radius 3 is 2.59 bits per heavy atom. The van der Waals surface area contributed by atoms with Gasteiger partial charge in [0.2, 0.25) is 11.8 Å². The van der Waals surface area contributed by atoms with Gasteiger partial charge in [0.25, 0.3) is 0 Å². The number of nitrogens with two attached hydrogens (primary N) is 1. The van der Waals surface area contributed by atoms with Crippen molar-refractivity contribution in [3.8, 4) is 0 Å². The summed E-state index contributed by atoms with van der Waals surface area (Å²) in [7, 11) is 0. The molecule has 2 amide bonds. The second kappa shape index (κ2) is 5.04. The maximum absolute atomic E-state index is 12.2. The minimum Gasteiger partial charge on any atom is -0.370 e. The largest absolute Gasteiger partial charge is 0.370 e. The monoisotopic (exact) mass is 241 g/mol. The van der Waals surface area contributed by atoms with Gasteiger partial charge in [0.15, 0.2) is 0 Å². The number of rotatable bonds is 4. The van der Waals surface area contributed by atoms with E-state index in [2.05, 4.69) is 10.6 Å². The first kappa shape index (κ1) is 14.0. The Hall–Kier alpha value is -1.10. The van der Waals surface area contributed by atoms with E-state index in [1.807, 2.05) is 20.8 Å². The van der Waals surface area contributed by atoms with Crippen LogP contribution in [0, 0.1) is 5.41 Å². The first-order chi connectivity index (χ1) is 7.75. The highest BCUT2D eigenvalue weighted by Crippen LogP contribution is 2.26. The van der Waals surface area contributed by atoms with Crippen molar-refractivity contribution < 1.29 is 9.59 Å². The van der Waals surface area contributed by atoms with E-state index < -0.39 is 11.4 Å². The molecular weight excluding hydrogens is 218 g/mol. The Bertz CT molecular complexity index is 307. The smallest absolute Gasteiger partial charge is 0.227 e. The first-order valence-corrected chi connectivity index (χ1v) is 6.07. The van der Waals surface area contributed by atoms with Crippen molar-refractivity contribution in [3.05, 3.63) is 0 Å². The molecule has 1 aliphatic heterocycles. The van der Waals surface area contributed by atoms with Gasteiger partial charge >= 0.3 is 0 Å². The van der Waals surface area contributed by atoms with Gasteiger partial charge < -0.3 is 16.4 Å². The lowest BCUT2D eigenvalue weighted by atomic mass is 9.81. The van der Waals surface area contributed by atoms with Gasteiger partial charge in [-0.15, -0.1) is 0 Å². The predicted molar refractivity (Wildman–Crippen MR) is 66.2 cm³/mol. The molecule has 0 aliphatic carbocycles. The summed E-state index contributed by atoms with van der Waals surface area (Å²) >= 11 is 0. The molecule has 0 radical (unpaired) electrons. The molecule has 1 rings (SSSR count). The molecule has 1 unspecified atom stereocenters. The highest BCUT2D eigenvalue weighted by atomic mass is 16.2. The lowest BCUT2D eigenvalue weighted by molar-refractivity contribution is -0.133. The number of carbonyl (C=O) groups excluding carboxylic acids is 2. The number of nitrogens with one attached hydrogen (secondary N) is 2. The molecule has 1 saturated heterocycles. The van der Waals surface area contributed by atoms with E-state index in [0.29, 0.717) is 6.54 Å². The van der Waals surface area contributed by atoms with Gasteiger partial charge in [0.05, 0.1) is 5.41 Å². The van der Waals surface area contributed by atoms with Crippen LogP contribution >= 0.6 is 0 Å². The third kappa shape index (κ3) is 4.00. The highest BCUT2D eigenvalue weighted by molar-refractivity contribution is 5.84. The van der Waals surface area contributed by atoms with Crippen LogP contribution in [0.15, 0.2) is 0 Å². The van der Waals surface area contributed by atoms with Crippen LogP contribution in [0.2, 0.25) is 0 Å². The number of hydrogen-bond acceptors (Lipinski definition) is 3. The summed E-state index contributed by atoms with van der Waals surface area (Å²) in [6.07, 6.45) is 2.03. The number of piperidine rings is 1. The fraction of sp³-hybridized carbons (Fsp3) is 0.833. The van der Waals surface area contributed by atoms with Crippen LogP contribution < -0.4 is 16.4 Å². The summed E-state index contributed by atoms with van der Waals surface area (Å²) in [6, 6.07) is 0. The molecule has 1 aliphatic rings. The molecule has 17 heavy (non-hydrogen) atoms. The van der Waals surface area contributed by atoms with Crippen molar-refractivity contribution in [1.29, 1.82) is 0 Å². The quantitative estimate of drug-likeness (QED) is 0.655. The zero-order valence-electron chi connectivity index (χ0n) is 10.9. The molecule has 0 aromatic heterocycles. The Balaban J connectivity index is 2.61. The third-order valence-electron chi connectivity index (χ3n) is 3.21. The summed E-state index contributed by atoms with van der Waals surface area (Å²) in [5, 5.41) is 6.15. The van der Waals surface area contributed by atoms with E-state index in [4.69, 9.17) is 5.73 Å². The maximum Gasteiger partial charge on any atom is 0.227 e. The van der Waals surface area contributed by atoms with E-state index in [0.717, 1.165) is 19.4 Å². The molecule has 1 atom stereocenters. The highest BCUT2D eigenvalue weighted by Gasteiger charge is 2.37. The van der Waals surface area contributed by atoms with E-state index in [9.17, 15) is 9.59 Å². The Kier molecular flexibility index (Phi) is 4.14. The van der Waals surface area contributed by atoms with Gasteiger partial charge in [-0.25, -0.2) is 0 Å². The number of amides is 2. The van der Waals surface area contributed by atoms with Gasteiger partial charge in [-0.1, -0.05) is 0 Å². The fourth-order valence-corrected chi connectivity index (χ4v) is 2.19. The standard InChI is InChI=1S/C12H23N3O2/c1-11(2,7-9(13)16)15-10(17)12(3)5-4-6-14-8-12/h14H,4-8H2,1-3H3,(H2,13,16)(H,15,17). The average Bonchev–Trinajstić information content (AvgIpc) is 2.15. The van der Waals surface area contributed by atoms with Gasteiger partial charge in [-0.3, -0.25) is 9.59 Å². The molecule has 98 valence electrons. The maximum atomic E-state index is 12.2. The van der Waals surface area contributed by atoms with Crippen molar-refractivity contribution in [2.45, 2.75) is 45.6 Å². The van der Waals surface area contributed by atoms with Crippen LogP contribution in [0.5, 0.6) is 0 Å². The second-order valence-electron chi connectivity index (χ2n) is 5.82. The van der Waals surface area contributed by atoms with Gasteiger partial charge in [0, 0.05) is 18.5 Å². The summed E-state index contributed by atoms with van der Waals surface area (Å²) in [5.74, 6) is -0.404. The third-order valence-corrected chi connectivity index (χ3v) is 3.21.